The van der Waals surface area contributed by atoms with Crippen LogP contribution in [-0.2, 0) is 15.5 Å². The highest BCUT2D eigenvalue weighted by Crippen LogP contribution is 1.99. The second-order valence-electron chi connectivity index (χ2n) is 3.16. The van der Waals surface area contributed by atoms with Crippen molar-refractivity contribution in [3.8, 4) is 0 Å². The van der Waals surface area contributed by atoms with Crippen LogP contribution < -0.4 is 5.73 Å². The molecule has 0 spiro atoms. The van der Waals surface area contributed by atoms with Crippen molar-refractivity contribution in [1.29, 1.82) is 0 Å². The van der Waals surface area contributed by atoms with Crippen molar-refractivity contribution in [3.05, 3.63) is 0 Å². The Morgan fingerprint density at radius 1 is 1.42 bits per heavy atom. The number of hydrogen-bond acceptors (Lipinski definition) is 3. The van der Waals surface area contributed by atoms with Crippen molar-refractivity contribution in [2.75, 3.05) is 25.2 Å². The summed E-state index contributed by atoms with van der Waals surface area (Å²) in [6, 6.07) is 0. The molecule has 0 bridgehead atoms. The number of nitrogens with two attached hydrogens (primary N) is 1. The third-order valence-corrected chi connectivity index (χ3v) is 3.48. The van der Waals surface area contributed by atoms with Crippen LogP contribution in [0.15, 0.2) is 0 Å². The van der Waals surface area contributed by atoms with E-state index in [1.165, 1.54) is 0 Å². The average Bonchev–Trinajstić information content (AvgIpc) is 2.03. The molecule has 3 nitrogen and oxygen atoms in total. The van der Waals surface area contributed by atoms with Crippen LogP contribution in [0.2, 0.25) is 0 Å². The van der Waals surface area contributed by atoms with E-state index in [2.05, 4.69) is 0 Å². The first-order valence-electron chi connectivity index (χ1n) is 4.18. The average molecular weight is 193 g/mol. The number of rotatable bonds is 6. The zero-order valence-electron chi connectivity index (χ0n) is 8.08. The minimum atomic E-state index is -0.785. The van der Waals surface area contributed by atoms with E-state index >= 15 is 0 Å². The molecule has 0 aromatic heterocycles. The van der Waals surface area contributed by atoms with Gasteiger partial charge in [0.1, 0.15) is 0 Å². The van der Waals surface area contributed by atoms with Gasteiger partial charge >= 0.3 is 0 Å². The molecule has 3 unspecified atom stereocenters. The Kier molecular flexibility index (Phi) is 6.61. The molecule has 0 heterocycles. The summed E-state index contributed by atoms with van der Waals surface area (Å²) in [5, 5.41) is 0. The normalized spacial score (nSPS) is 18.7. The van der Waals surface area contributed by atoms with Crippen molar-refractivity contribution in [2.24, 2.45) is 11.7 Å². The van der Waals surface area contributed by atoms with E-state index in [4.69, 9.17) is 10.5 Å². The summed E-state index contributed by atoms with van der Waals surface area (Å²) in [5.74, 6) is 1.64. The standard InChI is InChI=1S/C8H19NO2S/c1-7(4-9)5-12(10)6-8(2)11-3/h7-8H,4-6,9H2,1-3H3. The van der Waals surface area contributed by atoms with Crippen molar-refractivity contribution in [1.82, 2.24) is 0 Å². The molecule has 0 fully saturated rings. The lowest BCUT2D eigenvalue weighted by Gasteiger charge is -2.11. The third-order valence-electron chi connectivity index (χ3n) is 1.70. The lowest BCUT2D eigenvalue weighted by Crippen LogP contribution is -2.23. The fourth-order valence-corrected chi connectivity index (χ4v) is 2.35. The second-order valence-corrected chi connectivity index (χ2v) is 4.71. The van der Waals surface area contributed by atoms with E-state index in [9.17, 15) is 4.21 Å². The Hall–Kier alpha value is 0.0700. The minimum Gasteiger partial charge on any atom is -0.381 e. The van der Waals surface area contributed by atoms with Gasteiger partial charge in [-0.15, -0.1) is 0 Å². The molecule has 0 radical (unpaired) electrons. The van der Waals surface area contributed by atoms with Crippen molar-refractivity contribution in [2.45, 2.75) is 20.0 Å². The highest BCUT2D eigenvalue weighted by molar-refractivity contribution is 7.85. The van der Waals surface area contributed by atoms with Gasteiger partial charge in [0.2, 0.25) is 0 Å². The quantitative estimate of drug-likeness (QED) is 0.663. The molecule has 0 aromatic rings. The monoisotopic (exact) mass is 193 g/mol. The lowest BCUT2D eigenvalue weighted by atomic mass is 10.2. The molecule has 0 rings (SSSR count). The van der Waals surface area contributed by atoms with Gasteiger partial charge in [-0.05, 0) is 19.4 Å². The van der Waals surface area contributed by atoms with E-state index in [1.807, 2.05) is 13.8 Å². The first kappa shape index (κ1) is 12.1. The molecule has 0 amide bonds. The predicted molar refractivity (Wildman–Crippen MR) is 52.6 cm³/mol. The molecule has 4 heteroatoms. The molecule has 0 aliphatic carbocycles. The van der Waals surface area contributed by atoms with Crippen LogP contribution in [0.4, 0.5) is 0 Å². The fourth-order valence-electron chi connectivity index (χ4n) is 0.783. The van der Waals surface area contributed by atoms with Gasteiger partial charge < -0.3 is 10.5 Å². The smallest absolute Gasteiger partial charge is 0.0658 e. The van der Waals surface area contributed by atoms with E-state index < -0.39 is 10.8 Å². The highest BCUT2D eigenvalue weighted by atomic mass is 32.2. The first-order chi connectivity index (χ1) is 5.60. The summed E-state index contributed by atoms with van der Waals surface area (Å²) in [4.78, 5) is 0. The van der Waals surface area contributed by atoms with Gasteiger partial charge in [0.05, 0.1) is 6.10 Å². The van der Waals surface area contributed by atoms with Gasteiger partial charge in [-0.25, -0.2) is 0 Å². The van der Waals surface area contributed by atoms with Crippen LogP contribution in [0, 0.1) is 5.92 Å². The molecule has 0 aliphatic rings. The zero-order valence-corrected chi connectivity index (χ0v) is 8.89. The second kappa shape index (κ2) is 6.57. The molecule has 2 N–H and O–H groups in total. The Balaban J connectivity index is 3.59. The van der Waals surface area contributed by atoms with Gasteiger partial charge in [-0.1, -0.05) is 6.92 Å². The van der Waals surface area contributed by atoms with Gasteiger partial charge in [-0.3, -0.25) is 4.21 Å². The fraction of sp³-hybridized carbons (Fsp3) is 1.00. The predicted octanol–water partition coefficient (Wildman–Crippen LogP) is 0.365. The highest BCUT2D eigenvalue weighted by Gasteiger charge is 2.09. The number of methoxy groups -OCH3 is 1. The number of ether oxygens (including phenoxy) is 1. The van der Waals surface area contributed by atoms with Gasteiger partial charge in [0.15, 0.2) is 0 Å². The largest absolute Gasteiger partial charge is 0.381 e. The summed E-state index contributed by atoms with van der Waals surface area (Å²) < 4.78 is 16.4. The van der Waals surface area contributed by atoms with Crippen molar-refractivity contribution in [3.63, 3.8) is 0 Å². The van der Waals surface area contributed by atoms with Gasteiger partial charge in [0, 0.05) is 29.4 Å². The summed E-state index contributed by atoms with van der Waals surface area (Å²) in [7, 11) is 0.848. The number of hydrogen-bond donors (Lipinski definition) is 1. The Morgan fingerprint density at radius 3 is 2.42 bits per heavy atom. The topological polar surface area (TPSA) is 52.3 Å². The van der Waals surface area contributed by atoms with Crippen LogP contribution in [0.5, 0.6) is 0 Å². The van der Waals surface area contributed by atoms with Crippen molar-refractivity contribution >= 4 is 10.8 Å². The molecule has 3 atom stereocenters. The van der Waals surface area contributed by atoms with E-state index in [0.717, 1.165) is 0 Å². The molecule has 12 heavy (non-hydrogen) atoms. The maximum absolute atomic E-state index is 11.4. The Labute approximate surface area is 77.1 Å². The maximum atomic E-state index is 11.4. The molecule has 74 valence electrons. The van der Waals surface area contributed by atoms with Gasteiger partial charge in [0.25, 0.3) is 0 Å². The molecule has 0 saturated carbocycles. The maximum Gasteiger partial charge on any atom is 0.0658 e. The first-order valence-corrected chi connectivity index (χ1v) is 5.66. The molecule has 0 saturated heterocycles. The third kappa shape index (κ3) is 5.69. The molecular weight excluding hydrogens is 174 g/mol. The van der Waals surface area contributed by atoms with Crippen LogP contribution in [0.25, 0.3) is 0 Å². The van der Waals surface area contributed by atoms with Crippen molar-refractivity contribution < 1.29 is 8.95 Å². The van der Waals surface area contributed by atoms with E-state index in [-0.39, 0.29) is 6.10 Å². The van der Waals surface area contributed by atoms with Crippen LogP contribution in [-0.4, -0.2) is 35.5 Å². The van der Waals surface area contributed by atoms with Crippen LogP contribution in [0.3, 0.4) is 0 Å². The van der Waals surface area contributed by atoms with Gasteiger partial charge in [-0.2, -0.15) is 0 Å². The summed E-state index contributed by atoms with van der Waals surface area (Å²) in [5.41, 5.74) is 5.42. The Morgan fingerprint density at radius 2 is 2.00 bits per heavy atom. The molecular formula is C8H19NO2S. The zero-order chi connectivity index (χ0) is 9.56. The Bertz CT molecular complexity index is 127. The SMILES string of the molecule is COC(C)CS(=O)CC(C)CN. The molecule has 0 aliphatic heterocycles. The van der Waals surface area contributed by atoms with E-state index in [1.54, 1.807) is 7.11 Å². The summed E-state index contributed by atoms with van der Waals surface area (Å²) in [6.07, 6.45) is 0.0795. The minimum absolute atomic E-state index is 0.0795. The molecule has 0 aromatic carbocycles. The lowest BCUT2D eigenvalue weighted by molar-refractivity contribution is 0.137. The van der Waals surface area contributed by atoms with Crippen LogP contribution >= 0.6 is 0 Å². The van der Waals surface area contributed by atoms with E-state index in [0.29, 0.717) is 24.0 Å². The summed E-state index contributed by atoms with van der Waals surface area (Å²) >= 11 is 0. The summed E-state index contributed by atoms with van der Waals surface area (Å²) in [6.45, 7) is 4.54. The van der Waals surface area contributed by atoms with Crippen LogP contribution in [0.1, 0.15) is 13.8 Å².